The zero-order valence-electron chi connectivity index (χ0n) is 13.1. The van der Waals surface area contributed by atoms with Crippen molar-refractivity contribution < 1.29 is 13.2 Å². The maximum Gasteiger partial charge on any atom is 0.232 e. The summed E-state index contributed by atoms with van der Waals surface area (Å²) in [6.07, 6.45) is 0.913. The molecule has 0 aliphatic rings. The minimum absolute atomic E-state index is 0. The monoisotopic (exact) mass is 349 g/mol. The molecule has 0 heterocycles. The van der Waals surface area contributed by atoms with Crippen LogP contribution in [0.5, 0.6) is 0 Å². The molecule has 0 aliphatic carbocycles. The van der Waals surface area contributed by atoms with Crippen molar-refractivity contribution in [2.45, 2.75) is 26.7 Å². The average molecular weight is 350 g/mol. The van der Waals surface area contributed by atoms with E-state index in [0.717, 1.165) is 0 Å². The van der Waals surface area contributed by atoms with Crippen molar-refractivity contribution in [2.24, 2.45) is 0 Å². The Hall–Kier alpha value is -1.31. The Labute approximate surface area is 138 Å². The Morgan fingerprint density at radius 2 is 1.86 bits per heavy atom. The van der Waals surface area contributed by atoms with Gasteiger partial charge in [-0.3, -0.25) is 9.52 Å². The van der Waals surface area contributed by atoms with Crippen LogP contribution in [0.2, 0.25) is 0 Å². The smallest absolute Gasteiger partial charge is 0.232 e. The number of carbonyl (C=O) groups is 1. The van der Waals surface area contributed by atoms with Gasteiger partial charge in [-0.1, -0.05) is 13.0 Å². The number of amides is 1. The van der Waals surface area contributed by atoms with Crippen LogP contribution in [0, 0.1) is 6.92 Å². The Balaban J connectivity index is 0.00000441. The Morgan fingerprint density at radius 3 is 2.45 bits per heavy atom. The van der Waals surface area contributed by atoms with Crippen molar-refractivity contribution in [2.75, 3.05) is 29.4 Å². The quantitative estimate of drug-likeness (QED) is 0.670. The van der Waals surface area contributed by atoms with Gasteiger partial charge in [0.25, 0.3) is 0 Å². The van der Waals surface area contributed by atoms with Gasteiger partial charge in [-0.25, -0.2) is 8.42 Å². The number of hydrogen-bond acceptors (Lipinski definition) is 4. The van der Waals surface area contributed by atoms with Crippen molar-refractivity contribution in [3.63, 3.8) is 0 Å². The van der Waals surface area contributed by atoms with E-state index in [1.54, 1.807) is 32.2 Å². The standard InChI is InChI=1S/C14H23N3O3S.ClH/c1-4-10-21(19,20)17-13-7-5-6-12(11(13)2)16-14(18)8-9-15-3;/h5-7,15,17H,4,8-10H2,1-3H3,(H,16,18);1H. The largest absolute Gasteiger partial charge is 0.326 e. The number of carbonyl (C=O) groups excluding carboxylic acids is 1. The van der Waals surface area contributed by atoms with Gasteiger partial charge >= 0.3 is 0 Å². The normalized spacial score (nSPS) is 10.7. The predicted octanol–water partition coefficient (Wildman–Crippen LogP) is 2.12. The van der Waals surface area contributed by atoms with Gasteiger partial charge in [0, 0.05) is 18.7 Å². The molecule has 0 aliphatic heterocycles. The molecule has 0 unspecified atom stereocenters. The van der Waals surface area contributed by atoms with Gasteiger partial charge in [-0.2, -0.15) is 0 Å². The van der Waals surface area contributed by atoms with Crippen LogP contribution in [0.1, 0.15) is 25.3 Å². The highest BCUT2D eigenvalue weighted by Crippen LogP contribution is 2.24. The van der Waals surface area contributed by atoms with Crippen LogP contribution >= 0.6 is 12.4 Å². The van der Waals surface area contributed by atoms with Crippen molar-refractivity contribution >= 4 is 39.7 Å². The molecule has 1 aromatic carbocycles. The fourth-order valence-corrected chi connectivity index (χ4v) is 3.02. The molecule has 1 rings (SSSR count). The summed E-state index contributed by atoms with van der Waals surface area (Å²) in [5, 5.41) is 5.69. The average Bonchev–Trinajstić information content (AvgIpc) is 2.40. The van der Waals surface area contributed by atoms with E-state index in [2.05, 4.69) is 15.4 Å². The lowest BCUT2D eigenvalue weighted by atomic mass is 10.1. The van der Waals surface area contributed by atoms with Gasteiger partial charge < -0.3 is 10.6 Å². The molecule has 1 aromatic rings. The highest BCUT2D eigenvalue weighted by atomic mass is 35.5. The molecule has 0 bridgehead atoms. The molecular formula is C14H24ClN3O3S. The lowest BCUT2D eigenvalue weighted by Crippen LogP contribution is -2.20. The topological polar surface area (TPSA) is 87.3 Å². The van der Waals surface area contributed by atoms with Crippen LogP contribution in [-0.2, 0) is 14.8 Å². The van der Waals surface area contributed by atoms with E-state index in [0.29, 0.717) is 36.3 Å². The number of hydrogen-bond donors (Lipinski definition) is 3. The maximum absolute atomic E-state index is 11.8. The highest BCUT2D eigenvalue weighted by Gasteiger charge is 2.13. The molecule has 0 radical (unpaired) electrons. The molecule has 3 N–H and O–H groups in total. The van der Waals surface area contributed by atoms with E-state index in [1.165, 1.54) is 0 Å². The number of anilines is 2. The molecule has 6 nitrogen and oxygen atoms in total. The minimum Gasteiger partial charge on any atom is -0.326 e. The molecule has 0 aromatic heterocycles. The van der Waals surface area contributed by atoms with E-state index < -0.39 is 10.0 Å². The van der Waals surface area contributed by atoms with Gasteiger partial charge in [-0.15, -0.1) is 12.4 Å². The number of nitrogens with one attached hydrogen (secondary N) is 3. The van der Waals surface area contributed by atoms with Crippen molar-refractivity contribution in [3.8, 4) is 0 Å². The number of rotatable bonds is 8. The molecule has 0 fully saturated rings. The summed E-state index contributed by atoms with van der Waals surface area (Å²) in [5.41, 5.74) is 1.82. The number of sulfonamides is 1. The Kier molecular flexibility index (Phi) is 9.08. The van der Waals surface area contributed by atoms with Crippen LogP contribution in [0.4, 0.5) is 11.4 Å². The van der Waals surface area contributed by atoms with Crippen molar-refractivity contribution in [1.82, 2.24) is 5.32 Å². The summed E-state index contributed by atoms with van der Waals surface area (Å²) in [5.74, 6) is -0.0356. The molecule has 8 heteroatoms. The van der Waals surface area contributed by atoms with Gasteiger partial charge in [-0.05, 0) is 38.1 Å². The van der Waals surface area contributed by atoms with Crippen molar-refractivity contribution in [3.05, 3.63) is 23.8 Å². The molecule has 126 valence electrons. The third-order valence-corrected chi connectivity index (χ3v) is 4.42. The van der Waals surface area contributed by atoms with Crippen LogP contribution in [-0.4, -0.2) is 33.7 Å². The molecule has 0 atom stereocenters. The fourth-order valence-electron chi connectivity index (χ4n) is 1.82. The lowest BCUT2D eigenvalue weighted by Gasteiger charge is -2.14. The lowest BCUT2D eigenvalue weighted by molar-refractivity contribution is -0.116. The first-order valence-electron chi connectivity index (χ1n) is 6.94. The first-order chi connectivity index (χ1) is 9.89. The summed E-state index contributed by atoms with van der Waals surface area (Å²) < 4.78 is 26.2. The van der Waals surface area contributed by atoms with Gasteiger partial charge in [0.1, 0.15) is 0 Å². The van der Waals surface area contributed by atoms with E-state index in [4.69, 9.17) is 0 Å². The molecule has 1 amide bonds. The highest BCUT2D eigenvalue weighted by molar-refractivity contribution is 7.92. The molecular weight excluding hydrogens is 326 g/mol. The van der Waals surface area contributed by atoms with Crippen LogP contribution < -0.4 is 15.4 Å². The summed E-state index contributed by atoms with van der Waals surface area (Å²) >= 11 is 0. The number of benzene rings is 1. The van der Waals surface area contributed by atoms with Gasteiger partial charge in [0.2, 0.25) is 15.9 Å². The number of halogens is 1. The van der Waals surface area contributed by atoms with E-state index >= 15 is 0 Å². The Bertz CT molecular complexity index is 591. The maximum atomic E-state index is 11.8. The second-order valence-electron chi connectivity index (χ2n) is 4.80. The minimum atomic E-state index is -3.34. The third-order valence-electron chi connectivity index (χ3n) is 2.95. The molecule has 0 spiro atoms. The molecule has 0 saturated carbocycles. The second kappa shape index (κ2) is 9.66. The zero-order valence-corrected chi connectivity index (χ0v) is 14.7. The first-order valence-corrected chi connectivity index (χ1v) is 8.59. The summed E-state index contributed by atoms with van der Waals surface area (Å²) in [7, 11) is -1.56. The fraction of sp³-hybridized carbons (Fsp3) is 0.500. The van der Waals surface area contributed by atoms with Gasteiger partial charge in [0.15, 0.2) is 0 Å². The van der Waals surface area contributed by atoms with E-state index in [1.807, 2.05) is 6.92 Å². The molecule has 22 heavy (non-hydrogen) atoms. The third kappa shape index (κ3) is 6.64. The zero-order chi connectivity index (χ0) is 15.9. The van der Waals surface area contributed by atoms with E-state index in [-0.39, 0.29) is 24.1 Å². The van der Waals surface area contributed by atoms with Crippen LogP contribution in [0.25, 0.3) is 0 Å². The van der Waals surface area contributed by atoms with Crippen molar-refractivity contribution in [1.29, 1.82) is 0 Å². The van der Waals surface area contributed by atoms with Crippen LogP contribution in [0.3, 0.4) is 0 Å². The SMILES string of the molecule is CCCS(=O)(=O)Nc1cccc(NC(=O)CCNC)c1C.Cl. The summed E-state index contributed by atoms with van der Waals surface area (Å²) in [6.45, 7) is 4.18. The molecule has 0 saturated heterocycles. The first kappa shape index (κ1) is 20.7. The second-order valence-corrected chi connectivity index (χ2v) is 6.64. The van der Waals surface area contributed by atoms with Gasteiger partial charge in [0.05, 0.1) is 11.4 Å². The Morgan fingerprint density at radius 1 is 1.23 bits per heavy atom. The predicted molar refractivity (Wildman–Crippen MR) is 93.3 cm³/mol. The summed E-state index contributed by atoms with van der Waals surface area (Å²) in [6, 6.07) is 5.15. The summed E-state index contributed by atoms with van der Waals surface area (Å²) in [4.78, 5) is 11.7. The van der Waals surface area contributed by atoms with Crippen LogP contribution in [0.15, 0.2) is 18.2 Å². The van der Waals surface area contributed by atoms with E-state index in [9.17, 15) is 13.2 Å².